The SMILES string of the molecule is COc1ccccc1-n1cnnc1-c1ccc(-c2ccccc2)cc1. The third-order valence-corrected chi connectivity index (χ3v) is 4.14. The lowest BCUT2D eigenvalue weighted by Crippen LogP contribution is -1.99. The lowest BCUT2D eigenvalue weighted by molar-refractivity contribution is 0.413. The summed E-state index contributed by atoms with van der Waals surface area (Å²) in [7, 11) is 1.66. The molecule has 0 bridgehead atoms. The molecular weight excluding hydrogens is 310 g/mol. The van der Waals surface area contributed by atoms with Crippen LogP contribution in [0.1, 0.15) is 0 Å². The summed E-state index contributed by atoms with van der Waals surface area (Å²) in [6.07, 6.45) is 1.71. The van der Waals surface area contributed by atoms with E-state index in [-0.39, 0.29) is 0 Å². The van der Waals surface area contributed by atoms with Gasteiger partial charge in [-0.2, -0.15) is 0 Å². The molecule has 4 heteroatoms. The van der Waals surface area contributed by atoms with Crippen molar-refractivity contribution >= 4 is 0 Å². The molecule has 0 saturated carbocycles. The van der Waals surface area contributed by atoms with Crippen LogP contribution in [0.15, 0.2) is 85.2 Å². The maximum Gasteiger partial charge on any atom is 0.168 e. The molecule has 0 atom stereocenters. The normalized spacial score (nSPS) is 10.6. The van der Waals surface area contributed by atoms with Gasteiger partial charge in [0.2, 0.25) is 0 Å². The van der Waals surface area contributed by atoms with Gasteiger partial charge in [0, 0.05) is 5.56 Å². The quantitative estimate of drug-likeness (QED) is 0.549. The zero-order valence-corrected chi connectivity index (χ0v) is 13.8. The molecule has 0 aliphatic carbocycles. The van der Waals surface area contributed by atoms with Gasteiger partial charge in [-0.15, -0.1) is 10.2 Å². The second-order valence-electron chi connectivity index (χ2n) is 5.64. The van der Waals surface area contributed by atoms with E-state index < -0.39 is 0 Å². The lowest BCUT2D eigenvalue weighted by Gasteiger charge is -2.11. The zero-order chi connectivity index (χ0) is 17.1. The molecular formula is C21H17N3O. The van der Waals surface area contributed by atoms with Crippen LogP contribution in [0.2, 0.25) is 0 Å². The largest absolute Gasteiger partial charge is 0.495 e. The Labute approximate surface area is 146 Å². The molecule has 4 nitrogen and oxygen atoms in total. The first kappa shape index (κ1) is 15.1. The first-order valence-electron chi connectivity index (χ1n) is 8.06. The fourth-order valence-corrected chi connectivity index (χ4v) is 2.88. The van der Waals surface area contributed by atoms with Gasteiger partial charge in [0.05, 0.1) is 12.8 Å². The highest BCUT2D eigenvalue weighted by Crippen LogP contribution is 2.28. The molecule has 122 valence electrons. The van der Waals surface area contributed by atoms with Gasteiger partial charge in [-0.3, -0.25) is 4.57 Å². The average Bonchev–Trinajstić information content (AvgIpc) is 3.18. The summed E-state index contributed by atoms with van der Waals surface area (Å²) < 4.78 is 7.40. The van der Waals surface area contributed by atoms with Crippen LogP contribution in [-0.4, -0.2) is 21.9 Å². The van der Waals surface area contributed by atoms with Crippen molar-refractivity contribution in [2.24, 2.45) is 0 Å². The number of nitrogens with zero attached hydrogens (tertiary/aromatic N) is 3. The van der Waals surface area contributed by atoms with Crippen molar-refractivity contribution in [2.75, 3.05) is 7.11 Å². The minimum atomic E-state index is 0.782. The van der Waals surface area contributed by atoms with Crippen LogP contribution in [0.4, 0.5) is 0 Å². The van der Waals surface area contributed by atoms with E-state index in [1.165, 1.54) is 11.1 Å². The Morgan fingerprint density at radius 3 is 2.12 bits per heavy atom. The summed E-state index contributed by atoms with van der Waals surface area (Å²) in [5, 5.41) is 8.39. The van der Waals surface area contributed by atoms with Gasteiger partial charge in [-0.25, -0.2) is 0 Å². The highest BCUT2D eigenvalue weighted by molar-refractivity contribution is 5.68. The number of hydrogen-bond acceptors (Lipinski definition) is 3. The van der Waals surface area contributed by atoms with Crippen molar-refractivity contribution < 1.29 is 4.74 Å². The standard InChI is InChI=1S/C21H17N3O/c1-25-20-10-6-5-9-19(20)24-15-22-23-21(24)18-13-11-17(12-14-18)16-7-3-2-4-8-16/h2-15H,1H3. The van der Waals surface area contributed by atoms with Crippen molar-refractivity contribution in [3.05, 3.63) is 85.2 Å². The highest BCUT2D eigenvalue weighted by atomic mass is 16.5. The molecule has 0 saturated heterocycles. The summed E-state index contributed by atoms with van der Waals surface area (Å²) in [4.78, 5) is 0. The second kappa shape index (κ2) is 6.61. The van der Waals surface area contributed by atoms with Crippen molar-refractivity contribution in [1.29, 1.82) is 0 Å². The smallest absolute Gasteiger partial charge is 0.168 e. The molecule has 0 radical (unpaired) electrons. The number of hydrogen-bond donors (Lipinski definition) is 0. The van der Waals surface area contributed by atoms with E-state index in [1.807, 2.05) is 47.0 Å². The number of rotatable bonds is 4. The molecule has 0 spiro atoms. The Balaban J connectivity index is 1.73. The molecule has 1 aromatic heterocycles. The summed E-state index contributed by atoms with van der Waals surface area (Å²) in [5.74, 6) is 1.56. The molecule has 4 aromatic rings. The Bertz CT molecular complexity index is 975. The van der Waals surface area contributed by atoms with E-state index in [9.17, 15) is 0 Å². The van der Waals surface area contributed by atoms with Crippen molar-refractivity contribution in [2.45, 2.75) is 0 Å². The molecule has 25 heavy (non-hydrogen) atoms. The zero-order valence-electron chi connectivity index (χ0n) is 13.8. The Morgan fingerprint density at radius 2 is 1.36 bits per heavy atom. The number of para-hydroxylation sites is 2. The van der Waals surface area contributed by atoms with E-state index in [0.29, 0.717) is 0 Å². The van der Waals surface area contributed by atoms with Crippen LogP contribution >= 0.6 is 0 Å². The van der Waals surface area contributed by atoms with Gasteiger partial charge in [-0.05, 0) is 23.3 Å². The van der Waals surface area contributed by atoms with Gasteiger partial charge in [-0.1, -0.05) is 66.7 Å². The van der Waals surface area contributed by atoms with Crippen molar-refractivity contribution in [1.82, 2.24) is 14.8 Å². The Kier molecular flexibility index (Phi) is 4.01. The summed E-state index contributed by atoms with van der Waals surface area (Å²) in [6, 6.07) is 26.5. The van der Waals surface area contributed by atoms with Crippen LogP contribution in [0, 0.1) is 0 Å². The molecule has 0 amide bonds. The minimum Gasteiger partial charge on any atom is -0.495 e. The maximum absolute atomic E-state index is 5.46. The van der Waals surface area contributed by atoms with Crippen LogP contribution in [0.25, 0.3) is 28.2 Å². The van der Waals surface area contributed by atoms with Crippen LogP contribution in [0.3, 0.4) is 0 Å². The molecule has 0 aliphatic rings. The predicted octanol–water partition coefficient (Wildman–Crippen LogP) is 4.61. The highest BCUT2D eigenvalue weighted by Gasteiger charge is 2.12. The number of ether oxygens (including phenoxy) is 1. The molecule has 1 heterocycles. The lowest BCUT2D eigenvalue weighted by atomic mass is 10.0. The van der Waals surface area contributed by atoms with Gasteiger partial charge in [0.25, 0.3) is 0 Å². The average molecular weight is 327 g/mol. The number of benzene rings is 3. The van der Waals surface area contributed by atoms with Crippen LogP contribution < -0.4 is 4.74 Å². The fourth-order valence-electron chi connectivity index (χ4n) is 2.88. The predicted molar refractivity (Wildman–Crippen MR) is 98.8 cm³/mol. The first-order valence-corrected chi connectivity index (χ1v) is 8.06. The van der Waals surface area contributed by atoms with Gasteiger partial charge >= 0.3 is 0 Å². The molecule has 0 aliphatic heterocycles. The minimum absolute atomic E-state index is 0.782. The summed E-state index contributed by atoms with van der Waals surface area (Å²) >= 11 is 0. The second-order valence-corrected chi connectivity index (χ2v) is 5.64. The van der Waals surface area contributed by atoms with Gasteiger partial charge in [0.15, 0.2) is 5.82 Å². The summed E-state index contributed by atoms with van der Waals surface area (Å²) in [5.41, 5.74) is 4.29. The maximum atomic E-state index is 5.46. The van der Waals surface area contributed by atoms with Crippen LogP contribution in [0.5, 0.6) is 5.75 Å². The molecule has 3 aromatic carbocycles. The Hall–Kier alpha value is -3.40. The van der Waals surface area contributed by atoms with Crippen LogP contribution in [-0.2, 0) is 0 Å². The number of methoxy groups -OCH3 is 1. The van der Waals surface area contributed by atoms with E-state index in [1.54, 1.807) is 13.4 Å². The van der Waals surface area contributed by atoms with Gasteiger partial charge < -0.3 is 4.74 Å². The third-order valence-electron chi connectivity index (χ3n) is 4.14. The topological polar surface area (TPSA) is 39.9 Å². The first-order chi connectivity index (χ1) is 12.4. The van der Waals surface area contributed by atoms with E-state index >= 15 is 0 Å². The number of aromatic nitrogens is 3. The molecule has 0 fully saturated rings. The van der Waals surface area contributed by atoms with Gasteiger partial charge in [0.1, 0.15) is 12.1 Å². The molecule has 0 unspecified atom stereocenters. The van der Waals surface area contributed by atoms with E-state index in [2.05, 4.69) is 46.6 Å². The summed E-state index contributed by atoms with van der Waals surface area (Å²) in [6.45, 7) is 0. The van der Waals surface area contributed by atoms with Crippen molar-refractivity contribution in [3.8, 4) is 34.0 Å². The van der Waals surface area contributed by atoms with Crippen molar-refractivity contribution in [3.63, 3.8) is 0 Å². The fraction of sp³-hybridized carbons (Fsp3) is 0.0476. The molecule has 4 rings (SSSR count). The third kappa shape index (κ3) is 2.90. The van der Waals surface area contributed by atoms with E-state index in [4.69, 9.17) is 4.74 Å². The van der Waals surface area contributed by atoms with E-state index in [0.717, 1.165) is 22.8 Å². The molecule has 0 N–H and O–H groups in total. The Morgan fingerprint density at radius 1 is 0.720 bits per heavy atom. The monoisotopic (exact) mass is 327 g/mol.